The Hall–Kier alpha value is -2.92. The van der Waals surface area contributed by atoms with Crippen LogP contribution in [0, 0.1) is 6.92 Å². The summed E-state index contributed by atoms with van der Waals surface area (Å²) in [5.41, 5.74) is 2.23. The van der Waals surface area contributed by atoms with Crippen LogP contribution in [0.5, 0.6) is 0 Å². The van der Waals surface area contributed by atoms with Crippen molar-refractivity contribution in [1.82, 2.24) is 9.97 Å². The second-order valence-electron chi connectivity index (χ2n) is 5.87. The van der Waals surface area contributed by atoms with Gasteiger partial charge >= 0.3 is 0 Å². The number of aromatic nitrogens is 2. The van der Waals surface area contributed by atoms with Gasteiger partial charge in [-0.05, 0) is 36.8 Å². The Morgan fingerprint density at radius 3 is 2.46 bits per heavy atom. The molecule has 3 aromatic rings. The van der Waals surface area contributed by atoms with Gasteiger partial charge in [-0.25, -0.2) is 9.97 Å². The van der Waals surface area contributed by atoms with Crippen molar-refractivity contribution in [3.63, 3.8) is 0 Å². The summed E-state index contributed by atoms with van der Waals surface area (Å²) in [4.78, 5) is 23.0. The Labute approximate surface area is 157 Å². The Bertz CT molecular complexity index is 897. The lowest BCUT2D eigenvalue weighted by Gasteiger charge is -2.17. The first-order valence-corrected chi connectivity index (χ1v) is 8.58. The molecule has 0 unspecified atom stereocenters. The summed E-state index contributed by atoms with van der Waals surface area (Å²) >= 11 is 5.90. The fourth-order valence-corrected chi connectivity index (χ4v) is 2.63. The third-order valence-electron chi connectivity index (χ3n) is 3.89. The minimum Gasteiger partial charge on any atom is -0.366 e. The van der Waals surface area contributed by atoms with Crippen LogP contribution >= 0.6 is 11.6 Å². The number of nitrogens with one attached hydrogen (secondary N) is 1. The number of rotatable bonds is 5. The van der Waals surface area contributed by atoms with E-state index in [-0.39, 0.29) is 5.91 Å². The Balaban J connectivity index is 1.76. The average Bonchev–Trinajstić information content (AvgIpc) is 2.66. The van der Waals surface area contributed by atoms with Crippen molar-refractivity contribution in [1.29, 1.82) is 0 Å². The summed E-state index contributed by atoms with van der Waals surface area (Å²) in [6.45, 7) is 2.35. The van der Waals surface area contributed by atoms with E-state index in [0.717, 1.165) is 11.3 Å². The van der Waals surface area contributed by atoms with Gasteiger partial charge in [0.1, 0.15) is 17.3 Å². The second-order valence-corrected chi connectivity index (χ2v) is 6.30. The van der Waals surface area contributed by atoms with Gasteiger partial charge in [0.25, 0.3) is 5.91 Å². The summed E-state index contributed by atoms with van der Waals surface area (Å²) in [6.07, 6.45) is 0. The SMILES string of the molecule is Cc1nc(NCc2ccc(Cl)cc2)cc(C(=O)N(C)c2ccccc2)n1. The quantitative estimate of drug-likeness (QED) is 0.730. The van der Waals surface area contributed by atoms with Crippen molar-refractivity contribution in [3.8, 4) is 0 Å². The number of carbonyl (C=O) groups is 1. The monoisotopic (exact) mass is 366 g/mol. The zero-order valence-corrected chi connectivity index (χ0v) is 15.4. The predicted octanol–water partition coefficient (Wildman–Crippen LogP) is 4.33. The van der Waals surface area contributed by atoms with E-state index < -0.39 is 0 Å². The third-order valence-corrected chi connectivity index (χ3v) is 4.14. The fraction of sp³-hybridized carbons (Fsp3) is 0.150. The molecule has 0 atom stereocenters. The highest BCUT2D eigenvalue weighted by molar-refractivity contribution is 6.30. The highest BCUT2D eigenvalue weighted by Gasteiger charge is 2.16. The van der Waals surface area contributed by atoms with E-state index in [1.54, 1.807) is 24.9 Å². The van der Waals surface area contributed by atoms with Gasteiger partial charge in [-0.3, -0.25) is 4.79 Å². The van der Waals surface area contributed by atoms with Crippen molar-refractivity contribution in [2.24, 2.45) is 0 Å². The molecule has 6 heteroatoms. The van der Waals surface area contributed by atoms with Crippen molar-refractivity contribution in [2.75, 3.05) is 17.3 Å². The number of amides is 1. The van der Waals surface area contributed by atoms with Gasteiger partial charge in [0.2, 0.25) is 0 Å². The molecule has 3 rings (SSSR count). The number of hydrogen-bond acceptors (Lipinski definition) is 4. The molecule has 0 aliphatic heterocycles. The summed E-state index contributed by atoms with van der Waals surface area (Å²) in [5, 5.41) is 3.93. The van der Waals surface area contributed by atoms with Gasteiger partial charge < -0.3 is 10.2 Å². The van der Waals surface area contributed by atoms with E-state index >= 15 is 0 Å². The van der Waals surface area contributed by atoms with E-state index in [4.69, 9.17) is 11.6 Å². The minimum absolute atomic E-state index is 0.184. The molecule has 2 aromatic carbocycles. The normalized spacial score (nSPS) is 10.4. The Kier molecular flexibility index (Phi) is 5.49. The van der Waals surface area contributed by atoms with Gasteiger partial charge in [-0.1, -0.05) is 41.9 Å². The van der Waals surface area contributed by atoms with E-state index in [2.05, 4.69) is 15.3 Å². The van der Waals surface area contributed by atoms with Crippen LogP contribution in [0.2, 0.25) is 5.02 Å². The zero-order valence-electron chi connectivity index (χ0n) is 14.6. The van der Waals surface area contributed by atoms with Crippen molar-refractivity contribution in [3.05, 3.63) is 82.8 Å². The number of hydrogen-bond donors (Lipinski definition) is 1. The fourth-order valence-electron chi connectivity index (χ4n) is 2.50. The second kappa shape index (κ2) is 7.97. The number of anilines is 2. The van der Waals surface area contributed by atoms with Crippen molar-refractivity contribution in [2.45, 2.75) is 13.5 Å². The molecule has 0 spiro atoms. The van der Waals surface area contributed by atoms with Crippen LogP contribution in [0.25, 0.3) is 0 Å². The molecule has 0 aliphatic carbocycles. The molecule has 26 heavy (non-hydrogen) atoms. The molecule has 1 amide bonds. The van der Waals surface area contributed by atoms with Gasteiger partial charge in [0.05, 0.1) is 0 Å². The highest BCUT2D eigenvalue weighted by atomic mass is 35.5. The average molecular weight is 367 g/mol. The lowest BCUT2D eigenvalue weighted by atomic mass is 10.2. The number of benzene rings is 2. The Morgan fingerprint density at radius 1 is 1.08 bits per heavy atom. The molecule has 1 heterocycles. The molecule has 0 saturated carbocycles. The first-order valence-electron chi connectivity index (χ1n) is 8.20. The lowest BCUT2D eigenvalue weighted by Crippen LogP contribution is -2.27. The summed E-state index contributed by atoms with van der Waals surface area (Å²) in [5.74, 6) is 0.962. The maximum Gasteiger partial charge on any atom is 0.276 e. The topological polar surface area (TPSA) is 58.1 Å². The van der Waals surface area contributed by atoms with Crippen LogP contribution < -0.4 is 10.2 Å². The van der Waals surface area contributed by atoms with Crippen LogP contribution in [-0.2, 0) is 6.54 Å². The largest absolute Gasteiger partial charge is 0.366 e. The number of aryl methyl sites for hydroxylation is 1. The molecule has 132 valence electrons. The molecule has 1 aromatic heterocycles. The molecule has 0 aliphatic rings. The van der Waals surface area contributed by atoms with Crippen LogP contribution in [0.1, 0.15) is 21.9 Å². The first-order chi connectivity index (χ1) is 12.5. The standard InChI is InChI=1S/C20H19ClN4O/c1-14-23-18(20(26)25(2)17-6-4-3-5-7-17)12-19(24-14)22-13-15-8-10-16(21)11-9-15/h3-12H,13H2,1-2H3,(H,22,23,24). The van der Waals surface area contributed by atoms with E-state index in [1.165, 1.54) is 0 Å². The number of halogens is 1. The number of carbonyl (C=O) groups excluding carboxylic acids is 1. The van der Waals surface area contributed by atoms with Gasteiger partial charge in [-0.15, -0.1) is 0 Å². The van der Waals surface area contributed by atoms with Gasteiger partial charge in [-0.2, -0.15) is 0 Å². The molecule has 5 nitrogen and oxygen atoms in total. The first kappa shape index (κ1) is 17.9. The smallest absolute Gasteiger partial charge is 0.276 e. The van der Waals surface area contributed by atoms with Crippen LogP contribution in [-0.4, -0.2) is 22.9 Å². The molecule has 0 radical (unpaired) electrons. The van der Waals surface area contributed by atoms with E-state index in [9.17, 15) is 4.79 Å². The molecule has 0 fully saturated rings. The third kappa shape index (κ3) is 4.37. The molecule has 1 N–H and O–H groups in total. The van der Waals surface area contributed by atoms with Gasteiger partial charge in [0, 0.05) is 30.4 Å². The maximum absolute atomic E-state index is 12.8. The summed E-state index contributed by atoms with van der Waals surface area (Å²) in [7, 11) is 1.73. The number of nitrogens with zero attached hydrogens (tertiary/aromatic N) is 3. The molecular weight excluding hydrogens is 348 g/mol. The van der Waals surface area contributed by atoms with E-state index in [1.807, 2.05) is 54.6 Å². The van der Waals surface area contributed by atoms with Crippen LogP contribution in [0.15, 0.2) is 60.7 Å². The maximum atomic E-state index is 12.8. The minimum atomic E-state index is -0.184. The van der Waals surface area contributed by atoms with Crippen molar-refractivity contribution >= 4 is 29.0 Å². The van der Waals surface area contributed by atoms with Gasteiger partial charge in [0.15, 0.2) is 0 Å². The van der Waals surface area contributed by atoms with E-state index in [0.29, 0.717) is 28.9 Å². The van der Waals surface area contributed by atoms with Crippen LogP contribution in [0.4, 0.5) is 11.5 Å². The summed E-state index contributed by atoms with van der Waals surface area (Å²) in [6, 6.07) is 18.7. The van der Waals surface area contributed by atoms with Crippen molar-refractivity contribution < 1.29 is 4.79 Å². The Morgan fingerprint density at radius 2 is 1.77 bits per heavy atom. The molecular formula is C20H19ClN4O. The highest BCUT2D eigenvalue weighted by Crippen LogP contribution is 2.16. The summed E-state index contributed by atoms with van der Waals surface area (Å²) < 4.78 is 0. The molecule has 0 saturated heterocycles. The van der Waals surface area contributed by atoms with Crippen LogP contribution in [0.3, 0.4) is 0 Å². The lowest BCUT2D eigenvalue weighted by molar-refractivity contribution is 0.0988. The number of para-hydroxylation sites is 1. The predicted molar refractivity (Wildman–Crippen MR) is 105 cm³/mol. The molecule has 0 bridgehead atoms. The zero-order chi connectivity index (χ0) is 18.5.